The number of aliphatic carboxylic acids is 1. The number of nitrogens with one attached hydrogen (secondary N) is 1. The van der Waals surface area contributed by atoms with Gasteiger partial charge in [-0.25, -0.2) is 0 Å². The lowest BCUT2D eigenvalue weighted by atomic mass is 10.0. The lowest BCUT2D eigenvalue weighted by Crippen LogP contribution is -2.42. The highest BCUT2D eigenvalue weighted by atomic mass is 35.5. The molecule has 2 atom stereocenters. The maximum absolute atomic E-state index is 12.1. The Labute approximate surface area is 115 Å². The van der Waals surface area contributed by atoms with E-state index in [2.05, 4.69) is 5.32 Å². The van der Waals surface area contributed by atoms with E-state index in [1.165, 1.54) is 0 Å². The fourth-order valence-corrected chi connectivity index (χ4v) is 2.31. The second-order valence-electron chi connectivity index (χ2n) is 4.55. The molecule has 1 aliphatic heterocycles. The SMILES string of the molecule is Cc1ccc(C(=O)NC2COCC2C(=O)O)c(Cl)c1. The molecule has 1 aromatic carbocycles. The fraction of sp³-hybridized carbons (Fsp3) is 0.385. The molecule has 5 nitrogen and oxygen atoms in total. The largest absolute Gasteiger partial charge is 0.481 e. The number of halogens is 1. The van der Waals surface area contributed by atoms with Gasteiger partial charge in [0, 0.05) is 0 Å². The van der Waals surface area contributed by atoms with Gasteiger partial charge in [0.1, 0.15) is 5.92 Å². The zero-order valence-corrected chi connectivity index (χ0v) is 11.1. The first-order valence-electron chi connectivity index (χ1n) is 5.86. The highest BCUT2D eigenvalue weighted by molar-refractivity contribution is 6.33. The predicted molar refractivity (Wildman–Crippen MR) is 69.4 cm³/mol. The Hall–Kier alpha value is -1.59. The molecule has 2 N–H and O–H groups in total. The summed E-state index contributed by atoms with van der Waals surface area (Å²) in [6.07, 6.45) is 0. The lowest BCUT2D eigenvalue weighted by molar-refractivity contribution is -0.142. The van der Waals surface area contributed by atoms with E-state index in [4.69, 9.17) is 21.4 Å². The Bertz CT molecular complexity index is 517. The zero-order valence-electron chi connectivity index (χ0n) is 10.4. The summed E-state index contributed by atoms with van der Waals surface area (Å²) in [4.78, 5) is 23.0. The summed E-state index contributed by atoms with van der Waals surface area (Å²) in [6, 6.07) is 4.57. The Morgan fingerprint density at radius 3 is 2.79 bits per heavy atom. The first-order valence-corrected chi connectivity index (χ1v) is 6.24. The monoisotopic (exact) mass is 283 g/mol. The molecule has 1 fully saturated rings. The number of benzene rings is 1. The summed E-state index contributed by atoms with van der Waals surface area (Å²) in [5.74, 6) is -2.07. The van der Waals surface area contributed by atoms with E-state index in [1.54, 1.807) is 18.2 Å². The Kier molecular flexibility index (Phi) is 4.07. The van der Waals surface area contributed by atoms with Crippen molar-refractivity contribution in [3.63, 3.8) is 0 Å². The van der Waals surface area contributed by atoms with Crippen LogP contribution in [0.3, 0.4) is 0 Å². The minimum absolute atomic E-state index is 0.113. The summed E-state index contributed by atoms with van der Waals surface area (Å²) in [7, 11) is 0. The summed E-state index contributed by atoms with van der Waals surface area (Å²) >= 11 is 6.00. The third kappa shape index (κ3) is 3.05. The molecule has 0 aliphatic carbocycles. The molecule has 6 heteroatoms. The van der Waals surface area contributed by atoms with Gasteiger partial charge in [0.2, 0.25) is 0 Å². The Morgan fingerprint density at radius 2 is 2.16 bits per heavy atom. The molecule has 102 valence electrons. The van der Waals surface area contributed by atoms with Crippen molar-refractivity contribution >= 4 is 23.5 Å². The van der Waals surface area contributed by atoms with Crippen LogP contribution in [0.25, 0.3) is 0 Å². The van der Waals surface area contributed by atoms with Gasteiger partial charge in [-0.05, 0) is 24.6 Å². The van der Waals surface area contributed by atoms with Crippen LogP contribution in [0, 0.1) is 12.8 Å². The molecule has 19 heavy (non-hydrogen) atoms. The minimum Gasteiger partial charge on any atom is -0.481 e. The molecule has 0 bridgehead atoms. The normalized spacial score (nSPS) is 22.2. The van der Waals surface area contributed by atoms with E-state index in [1.807, 2.05) is 6.92 Å². The van der Waals surface area contributed by atoms with Crippen molar-refractivity contribution in [2.45, 2.75) is 13.0 Å². The molecule has 0 saturated carbocycles. The second kappa shape index (κ2) is 5.59. The lowest BCUT2D eigenvalue weighted by Gasteiger charge is -2.16. The molecular weight excluding hydrogens is 270 g/mol. The number of carbonyl (C=O) groups is 2. The summed E-state index contributed by atoms with van der Waals surface area (Å²) in [6.45, 7) is 2.19. The van der Waals surface area contributed by atoms with Crippen molar-refractivity contribution in [2.75, 3.05) is 13.2 Å². The molecule has 0 spiro atoms. The summed E-state index contributed by atoms with van der Waals surface area (Å²) in [5.41, 5.74) is 1.29. The van der Waals surface area contributed by atoms with Crippen LogP contribution in [0.5, 0.6) is 0 Å². The van der Waals surface area contributed by atoms with Crippen molar-refractivity contribution in [1.82, 2.24) is 5.32 Å². The Balaban J connectivity index is 2.10. The smallest absolute Gasteiger partial charge is 0.311 e. The van der Waals surface area contributed by atoms with Gasteiger partial charge in [-0.2, -0.15) is 0 Å². The molecule has 0 radical (unpaired) electrons. The van der Waals surface area contributed by atoms with Gasteiger partial charge >= 0.3 is 5.97 Å². The topological polar surface area (TPSA) is 75.6 Å². The van der Waals surface area contributed by atoms with Crippen molar-refractivity contribution in [1.29, 1.82) is 0 Å². The number of hydrogen-bond acceptors (Lipinski definition) is 3. The fourth-order valence-electron chi connectivity index (χ4n) is 1.99. The van der Waals surface area contributed by atoms with Gasteiger partial charge in [0.05, 0.1) is 29.8 Å². The highest BCUT2D eigenvalue weighted by Gasteiger charge is 2.35. The van der Waals surface area contributed by atoms with Gasteiger partial charge < -0.3 is 15.2 Å². The Morgan fingerprint density at radius 1 is 1.42 bits per heavy atom. The van der Waals surface area contributed by atoms with Crippen LogP contribution < -0.4 is 5.32 Å². The van der Waals surface area contributed by atoms with E-state index in [0.29, 0.717) is 10.6 Å². The van der Waals surface area contributed by atoms with Crippen molar-refractivity contribution in [3.05, 3.63) is 34.3 Å². The van der Waals surface area contributed by atoms with E-state index >= 15 is 0 Å². The van der Waals surface area contributed by atoms with Gasteiger partial charge in [0.15, 0.2) is 0 Å². The molecule has 0 aromatic heterocycles. The minimum atomic E-state index is -0.974. The predicted octanol–water partition coefficient (Wildman–Crippen LogP) is 1.48. The standard InChI is InChI=1S/C13H14ClNO4/c1-7-2-3-8(10(14)4-7)12(16)15-11-6-19-5-9(11)13(17)18/h2-4,9,11H,5-6H2,1H3,(H,15,16)(H,17,18). The molecule has 1 aromatic rings. The number of rotatable bonds is 3. The van der Waals surface area contributed by atoms with Crippen molar-refractivity contribution in [2.24, 2.45) is 5.92 Å². The van der Waals surface area contributed by atoms with Crippen LogP contribution >= 0.6 is 11.6 Å². The van der Waals surface area contributed by atoms with Crippen LogP contribution in [-0.4, -0.2) is 36.2 Å². The maximum atomic E-state index is 12.1. The van der Waals surface area contributed by atoms with Gasteiger partial charge in [-0.1, -0.05) is 17.7 Å². The van der Waals surface area contributed by atoms with Crippen LogP contribution in [0.4, 0.5) is 0 Å². The molecule has 2 rings (SSSR count). The molecule has 1 saturated heterocycles. The molecule has 2 unspecified atom stereocenters. The maximum Gasteiger partial charge on any atom is 0.311 e. The average Bonchev–Trinajstić information content (AvgIpc) is 2.76. The zero-order chi connectivity index (χ0) is 14.0. The van der Waals surface area contributed by atoms with Gasteiger partial charge in [-0.15, -0.1) is 0 Å². The number of carboxylic acids is 1. The first kappa shape index (κ1) is 13.8. The highest BCUT2D eigenvalue weighted by Crippen LogP contribution is 2.19. The van der Waals surface area contributed by atoms with Crippen molar-refractivity contribution < 1.29 is 19.4 Å². The number of carbonyl (C=O) groups excluding carboxylic acids is 1. The van der Waals surface area contributed by atoms with Gasteiger partial charge in [-0.3, -0.25) is 9.59 Å². The van der Waals surface area contributed by atoms with Crippen LogP contribution in [-0.2, 0) is 9.53 Å². The van der Waals surface area contributed by atoms with E-state index in [9.17, 15) is 9.59 Å². The number of hydrogen-bond donors (Lipinski definition) is 2. The molecule has 1 aliphatic rings. The molecule has 1 heterocycles. The van der Waals surface area contributed by atoms with Crippen LogP contribution in [0.1, 0.15) is 15.9 Å². The molecular formula is C13H14ClNO4. The quantitative estimate of drug-likeness (QED) is 0.881. The number of ether oxygens (including phenoxy) is 1. The van der Waals surface area contributed by atoms with Crippen molar-refractivity contribution in [3.8, 4) is 0 Å². The third-order valence-corrected chi connectivity index (χ3v) is 3.40. The van der Waals surface area contributed by atoms with Crippen LogP contribution in [0.15, 0.2) is 18.2 Å². The van der Waals surface area contributed by atoms with E-state index in [-0.39, 0.29) is 19.1 Å². The van der Waals surface area contributed by atoms with Crippen LogP contribution in [0.2, 0.25) is 5.02 Å². The second-order valence-corrected chi connectivity index (χ2v) is 4.95. The average molecular weight is 284 g/mol. The first-order chi connectivity index (χ1) is 8.99. The third-order valence-electron chi connectivity index (χ3n) is 3.08. The number of aryl methyl sites for hydroxylation is 1. The van der Waals surface area contributed by atoms with E-state index < -0.39 is 17.9 Å². The number of carboxylic acid groups (broad SMARTS) is 1. The summed E-state index contributed by atoms with van der Waals surface area (Å²) in [5, 5.41) is 12.0. The van der Waals surface area contributed by atoms with E-state index in [0.717, 1.165) is 5.56 Å². The molecule has 1 amide bonds. The summed E-state index contributed by atoms with van der Waals surface area (Å²) < 4.78 is 5.09. The van der Waals surface area contributed by atoms with Gasteiger partial charge in [0.25, 0.3) is 5.91 Å². The number of amides is 1.